The molecule has 3 aromatic rings. The maximum absolute atomic E-state index is 12.8. The van der Waals surface area contributed by atoms with Gasteiger partial charge >= 0.3 is 0 Å². The van der Waals surface area contributed by atoms with Crippen LogP contribution in [0, 0.1) is 19.8 Å². The van der Waals surface area contributed by atoms with E-state index in [2.05, 4.69) is 26.6 Å². The smallest absolute Gasteiger partial charge is 0.271 e. The lowest BCUT2D eigenvalue weighted by molar-refractivity contribution is -0.121. The molecule has 0 saturated carbocycles. The van der Waals surface area contributed by atoms with Crippen LogP contribution in [0.3, 0.4) is 0 Å². The molecule has 2 amide bonds. The molecule has 30 heavy (non-hydrogen) atoms. The third-order valence-electron chi connectivity index (χ3n) is 5.38. The maximum atomic E-state index is 12.8. The van der Waals surface area contributed by atoms with Gasteiger partial charge in [-0.2, -0.15) is 5.10 Å². The normalized spacial score (nSPS) is 14.5. The average Bonchev–Trinajstić information content (AvgIpc) is 3.23. The first-order valence-corrected chi connectivity index (χ1v) is 10.1. The van der Waals surface area contributed by atoms with Gasteiger partial charge in [-0.05, 0) is 68.1 Å². The second kappa shape index (κ2) is 8.49. The van der Waals surface area contributed by atoms with E-state index < -0.39 is 0 Å². The molecule has 1 saturated heterocycles. The predicted molar refractivity (Wildman–Crippen MR) is 115 cm³/mol. The number of aryl methyl sites for hydroxylation is 2. The number of pyridine rings is 1. The third-order valence-corrected chi connectivity index (χ3v) is 5.38. The fourth-order valence-corrected chi connectivity index (χ4v) is 3.88. The Kier molecular flexibility index (Phi) is 5.61. The predicted octanol–water partition coefficient (Wildman–Crippen LogP) is 3.58. The number of nitrogens with one attached hydrogen (secondary N) is 2. The van der Waals surface area contributed by atoms with Crippen molar-refractivity contribution in [1.82, 2.24) is 20.1 Å². The van der Waals surface area contributed by atoms with E-state index in [1.54, 1.807) is 17.2 Å². The lowest BCUT2D eigenvalue weighted by Gasteiger charge is -2.31. The summed E-state index contributed by atoms with van der Waals surface area (Å²) in [5.74, 6) is -0.176. The minimum absolute atomic E-state index is 0.0195. The summed E-state index contributed by atoms with van der Waals surface area (Å²) in [5, 5.41) is 10.1. The Bertz CT molecular complexity index is 1030. The molecule has 1 fully saturated rings. The first kappa shape index (κ1) is 19.8. The number of hydrogen-bond acceptors (Lipinski definition) is 4. The van der Waals surface area contributed by atoms with Crippen molar-refractivity contribution in [2.24, 2.45) is 5.92 Å². The summed E-state index contributed by atoms with van der Waals surface area (Å²) in [6, 6.07) is 13.3. The topological polar surface area (TPSA) is 91.0 Å². The van der Waals surface area contributed by atoms with Crippen LogP contribution in [0.25, 0.3) is 11.4 Å². The molecule has 7 nitrogen and oxygen atoms in total. The van der Waals surface area contributed by atoms with E-state index in [1.807, 2.05) is 44.2 Å². The first-order valence-electron chi connectivity index (χ1n) is 10.1. The Morgan fingerprint density at radius 2 is 1.77 bits per heavy atom. The van der Waals surface area contributed by atoms with E-state index in [1.165, 1.54) is 0 Å². The summed E-state index contributed by atoms with van der Waals surface area (Å²) in [7, 11) is 0. The van der Waals surface area contributed by atoms with E-state index >= 15 is 0 Å². The molecule has 1 aliphatic rings. The van der Waals surface area contributed by atoms with Crippen molar-refractivity contribution in [3.05, 3.63) is 65.5 Å². The molecular formula is C23H25N5O2. The number of carbonyl (C=O) groups is 2. The van der Waals surface area contributed by atoms with Gasteiger partial charge in [-0.15, -0.1) is 0 Å². The number of hydrogen-bond donors (Lipinski definition) is 2. The van der Waals surface area contributed by atoms with Gasteiger partial charge < -0.3 is 10.2 Å². The molecule has 0 unspecified atom stereocenters. The third kappa shape index (κ3) is 4.40. The minimum atomic E-state index is -0.0992. The molecule has 3 heterocycles. The average molecular weight is 403 g/mol. The second-order valence-corrected chi connectivity index (χ2v) is 7.81. The van der Waals surface area contributed by atoms with Gasteiger partial charge in [0.1, 0.15) is 11.4 Å². The number of amides is 2. The lowest BCUT2D eigenvalue weighted by Crippen LogP contribution is -2.41. The number of anilines is 1. The number of aromatic nitrogens is 3. The van der Waals surface area contributed by atoms with Gasteiger partial charge in [0, 0.05) is 30.9 Å². The molecule has 1 aromatic carbocycles. The quantitative estimate of drug-likeness (QED) is 0.697. The summed E-state index contributed by atoms with van der Waals surface area (Å²) in [6.45, 7) is 5.12. The van der Waals surface area contributed by atoms with Gasteiger partial charge in [-0.25, -0.2) is 0 Å². The van der Waals surface area contributed by atoms with Crippen molar-refractivity contribution in [3.8, 4) is 11.4 Å². The number of rotatable bonds is 4. The van der Waals surface area contributed by atoms with Crippen LogP contribution in [-0.4, -0.2) is 45.0 Å². The zero-order valence-electron chi connectivity index (χ0n) is 17.2. The van der Waals surface area contributed by atoms with Crippen LogP contribution >= 0.6 is 0 Å². The summed E-state index contributed by atoms with van der Waals surface area (Å²) >= 11 is 0. The van der Waals surface area contributed by atoms with E-state index in [0.717, 1.165) is 22.5 Å². The monoisotopic (exact) mass is 403 g/mol. The largest absolute Gasteiger partial charge is 0.337 e. The van der Waals surface area contributed by atoms with Crippen molar-refractivity contribution < 1.29 is 9.59 Å². The van der Waals surface area contributed by atoms with Crippen LogP contribution in [-0.2, 0) is 4.79 Å². The van der Waals surface area contributed by atoms with E-state index in [9.17, 15) is 9.59 Å². The van der Waals surface area contributed by atoms with Crippen molar-refractivity contribution in [3.63, 3.8) is 0 Å². The highest BCUT2D eigenvalue weighted by atomic mass is 16.2. The van der Waals surface area contributed by atoms with Crippen LogP contribution in [0.2, 0.25) is 0 Å². The summed E-state index contributed by atoms with van der Waals surface area (Å²) in [4.78, 5) is 31.5. The van der Waals surface area contributed by atoms with E-state index in [0.29, 0.717) is 37.3 Å². The van der Waals surface area contributed by atoms with Crippen molar-refractivity contribution in [2.75, 3.05) is 18.4 Å². The number of likely N-dealkylation sites (tertiary alicyclic amines) is 1. The van der Waals surface area contributed by atoms with Crippen molar-refractivity contribution in [1.29, 1.82) is 0 Å². The van der Waals surface area contributed by atoms with E-state index in [4.69, 9.17) is 0 Å². The zero-order valence-corrected chi connectivity index (χ0v) is 17.2. The molecule has 7 heteroatoms. The van der Waals surface area contributed by atoms with Gasteiger partial charge in [0.05, 0.1) is 5.69 Å². The standard InChI is InChI=1S/C23H25N5O2/c1-15-11-16(2)13-18(12-15)25-22(29)17-6-9-28(10-7-17)23(30)21-14-20(26-27-21)19-5-3-4-8-24-19/h3-5,8,11-14,17H,6-7,9-10H2,1-2H3,(H,25,29)(H,26,27). The van der Waals surface area contributed by atoms with Gasteiger partial charge in [0.2, 0.25) is 5.91 Å². The number of carbonyl (C=O) groups excluding carboxylic acids is 2. The molecule has 0 bridgehead atoms. The number of benzene rings is 1. The highest BCUT2D eigenvalue weighted by Gasteiger charge is 2.28. The fraction of sp³-hybridized carbons (Fsp3) is 0.304. The SMILES string of the molecule is Cc1cc(C)cc(NC(=O)C2CCN(C(=O)c3cc(-c4ccccn4)n[nH]3)CC2)c1. The second-order valence-electron chi connectivity index (χ2n) is 7.81. The summed E-state index contributed by atoms with van der Waals surface area (Å²) in [5.41, 5.74) is 4.87. The molecule has 4 rings (SSSR count). The summed E-state index contributed by atoms with van der Waals surface area (Å²) < 4.78 is 0. The number of piperidine rings is 1. The molecule has 0 aliphatic carbocycles. The molecule has 2 aromatic heterocycles. The molecule has 1 aliphatic heterocycles. The van der Waals surface area contributed by atoms with Crippen LogP contribution < -0.4 is 5.32 Å². The van der Waals surface area contributed by atoms with Crippen LogP contribution in [0.1, 0.15) is 34.5 Å². The van der Waals surface area contributed by atoms with Crippen LogP contribution in [0.4, 0.5) is 5.69 Å². The van der Waals surface area contributed by atoms with Gasteiger partial charge in [-0.3, -0.25) is 19.7 Å². The molecule has 154 valence electrons. The highest BCUT2D eigenvalue weighted by molar-refractivity contribution is 5.95. The Morgan fingerprint density at radius 1 is 1.03 bits per heavy atom. The Morgan fingerprint density at radius 3 is 2.43 bits per heavy atom. The highest BCUT2D eigenvalue weighted by Crippen LogP contribution is 2.23. The molecular weight excluding hydrogens is 378 g/mol. The van der Waals surface area contributed by atoms with E-state index in [-0.39, 0.29) is 17.7 Å². The van der Waals surface area contributed by atoms with Crippen molar-refractivity contribution in [2.45, 2.75) is 26.7 Å². The molecule has 0 radical (unpaired) electrons. The lowest BCUT2D eigenvalue weighted by atomic mass is 9.95. The number of H-pyrrole nitrogens is 1. The molecule has 0 spiro atoms. The summed E-state index contributed by atoms with van der Waals surface area (Å²) in [6.07, 6.45) is 2.98. The van der Waals surface area contributed by atoms with Gasteiger partial charge in [-0.1, -0.05) is 12.1 Å². The fourth-order valence-electron chi connectivity index (χ4n) is 3.88. The Balaban J connectivity index is 1.34. The Hall–Kier alpha value is -3.48. The molecule has 2 N–H and O–H groups in total. The first-order chi connectivity index (χ1) is 14.5. The number of aromatic amines is 1. The van der Waals surface area contributed by atoms with Crippen molar-refractivity contribution >= 4 is 17.5 Å². The maximum Gasteiger partial charge on any atom is 0.271 e. The van der Waals surface area contributed by atoms with Gasteiger partial charge in [0.15, 0.2) is 0 Å². The minimum Gasteiger partial charge on any atom is -0.337 e. The van der Waals surface area contributed by atoms with Crippen LogP contribution in [0.5, 0.6) is 0 Å². The number of nitrogens with zero attached hydrogens (tertiary/aromatic N) is 3. The van der Waals surface area contributed by atoms with Gasteiger partial charge in [0.25, 0.3) is 5.91 Å². The van der Waals surface area contributed by atoms with Crippen LogP contribution in [0.15, 0.2) is 48.7 Å². The Labute approximate surface area is 175 Å². The molecule has 0 atom stereocenters. The zero-order chi connectivity index (χ0) is 21.1.